The van der Waals surface area contributed by atoms with Crippen molar-refractivity contribution in [3.8, 4) is 0 Å². The molecule has 0 saturated heterocycles. The average Bonchev–Trinajstić information content (AvgIpc) is 3.72. The first-order valence-corrected chi connectivity index (χ1v) is 39.6. The second kappa shape index (κ2) is 62.2. The SMILES string of the molecule is CCCCCCCCCCCCCCCCCC(=O)O[C@H](COC(=O)CCCCCCCCCCCCC(C)CC)COP(=O)(O)OC[C@@H](O)COP(=O)(O)OC[C@@H](COC(=O)CCCCCCCCCC)OC(=O)CCCCCCCCCCC(C)CC. The summed E-state index contributed by atoms with van der Waals surface area (Å²) in [5.74, 6) is -0.547. The molecule has 89 heavy (non-hydrogen) atoms. The number of aliphatic hydroxyl groups is 1. The third-order valence-electron chi connectivity index (χ3n) is 16.9. The van der Waals surface area contributed by atoms with Crippen molar-refractivity contribution in [1.82, 2.24) is 0 Å². The van der Waals surface area contributed by atoms with Gasteiger partial charge in [-0.1, -0.05) is 305 Å². The minimum atomic E-state index is -4.95. The van der Waals surface area contributed by atoms with Crippen molar-refractivity contribution in [3.63, 3.8) is 0 Å². The first-order valence-electron chi connectivity index (χ1n) is 36.6. The third-order valence-corrected chi connectivity index (χ3v) is 18.8. The Morgan fingerprint density at radius 3 is 0.798 bits per heavy atom. The molecule has 17 nitrogen and oxygen atoms in total. The van der Waals surface area contributed by atoms with Crippen molar-refractivity contribution in [2.24, 2.45) is 11.8 Å². The van der Waals surface area contributed by atoms with E-state index < -0.39 is 97.5 Å². The van der Waals surface area contributed by atoms with Gasteiger partial charge in [-0.3, -0.25) is 37.3 Å². The molecule has 0 aliphatic heterocycles. The van der Waals surface area contributed by atoms with Crippen LogP contribution in [0, 0.1) is 11.8 Å². The van der Waals surface area contributed by atoms with Crippen LogP contribution in [0.15, 0.2) is 0 Å². The number of carbonyl (C=O) groups excluding carboxylic acids is 4. The van der Waals surface area contributed by atoms with Gasteiger partial charge in [0.15, 0.2) is 12.2 Å². The van der Waals surface area contributed by atoms with Crippen LogP contribution in [-0.2, 0) is 65.4 Å². The number of carbonyl (C=O) groups is 4. The fourth-order valence-corrected chi connectivity index (χ4v) is 12.1. The average molecular weight is 1310 g/mol. The largest absolute Gasteiger partial charge is 0.472 e. The highest BCUT2D eigenvalue weighted by molar-refractivity contribution is 7.47. The summed E-state index contributed by atoms with van der Waals surface area (Å²) in [5.41, 5.74) is 0. The van der Waals surface area contributed by atoms with Crippen LogP contribution in [0.5, 0.6) is 0 Å². The molecule has 3 N–H and O–H groups in total. The first-order chi connectivity index (χ1) is 42.9. The zero-order chi connectivity index (χ0) is 65.7. The predicted molar refractivity (Wildman–Crippen MR) is 358 cm³/mol. The second-order valence-corrected chi connectivity index (χ2v) is 28.7. The Bertz CT molecular complexity index is 1740. The van der Waals surface area contributed by atoms with E-state index in [1.807, 2.05) is 0 Å². The van der Waals surface area contributed by atoms with Gasteiger partial charge in [-0.15, -0.1) is 0 Å². The van der Waals surface area contributed by atoms with Crippen molar-refractivity contribution >= 4 is 39.5 Å². The molecule has 0 aromatic carbocycles. The number of ether oxygens (including phenoxy) is 4. The van der Waals surface area contributed by atoms with E-state index in [4.69, 9.17) is 37.0 Å². The predicted octanol–water partition coefficient (Wildman–Crippen LogP) is 20.0. The highest BCUT2D eigenvalue weighted by atomic mass is 31.2. The first kappa shape index (κ1) is 87.1. The van der Waals surface area contributed by atoms with Crippen LogP contribution >= 0.6 is 15.6 Å². The fraction of sp³-hybridized carbons (Fsp3) is 0.943. The number of esters is 4. The molecule has 0 heterocycles. The van der Waals surface area contributed by atoms with Gasteiger partial charge in [0.2, 0.25) is 0 Å². The van der Waals surface area contributed by atoms with Gasteiger partial charge >= 0.3 is 39.5 Å². The molecule has 0 radical (unpaired) electrons. The van der Waals surface area contributed by atoms with Crippen molar-refractivity contribution in [3.05, 3.63) is 0 Å². The maximum atomic E-state index is 13.0. The van der Waals surface area contributed by atoms with E-state index >= 15 is 0 Å². The van der Waals surface area contributed by atoms with Crippen LogP contribution < -0.4 is 0 Å². The smallest absolute Gasteiger partial charge is 0.462 e. The zero-order valence-corrected chi connectivity index (χ0v) is 59.5. The molecule has 0 aliphatic rings. The summed E-state index contributed by atoms with van der Waals surface area (Å²) in [6.07, 6.45) is 47.0. The van der Waals surface area contributed by atoms with E-state index in [0.717, 1.165) is 108 Å². The number of phosphoric ester groups is 2. The van der Waals surface area contributed by atoms with Crippen LogP contribution in [-0.4, -0.2) is 96.7 Å². The molecule has 0 fully saturated rings. The van der Waals surface area contributed by atoms with Crippen LogP contribution in [0.1, 0.15) is 356 Å². The molecule has 0 aliphatic carbocycles. The summed E-state index contributed by atoms with van der Waals surface area (Å²) < 4.78 is 68.2. The van der Waals surface area contributed by atoms with Gasteiger partial charge in [-0.05, 0) is 37.5 Å². The standard InChI is InChI=1S/C70H136O17P2/c1-7-11-13-15-17-19-20-21-22-23-24-29-36-42-48-54-69(74)86-66(59-81-68(73)53-47-41-35-28-26-25-27-32-38-44-50-62(5)9-3)61-85-89(78,79)83-57-64(71)56-82-88(76,77)84-60-65(58-80-67(72)52-46-40-34-18-16-14-12-8-2)87-70(75)55-49-43-37-31-30-33-39-45-51-63(6)10-4/h62-66,71H,7-61H2,1-6H3,(H,76,77)(H,78,79)/t62?,63?,64-,65+,66+/m0/s1. The molecule has 0 amide bonds. The van der Waals surface area contributed by atoms with Gasteiger partial charge in [0, 0.05) is 25.7 Å². The summed E-state index contributed by atoms with van der Waals surface area (Å²) in [7, 11) is -9.90. The van der Waals surface area contributed by atoms with Crippen LogP contribution in [0.4, 0.5) is 0 Å². The lowest BCUT2D eigenvalue weighted by molar-refractivity contribution is -0.161. The van der Waals surface area contributed by atoms with Crippen molar-refractivity contribution < 1.29 is 80.2 Å². The number of phosphoric acid groups is 2. The lowest BCUT2D eigenvalue weighted by Gasteiger charge is -2.21. The summed E-state index contributed by atoms with van der Waals surface area (Å²) in [4.78, 5) is 72.5. The maximum Gasteiger partial charge on any atom is 0.472 e. The van der Waals surface area contributed by atoms with E-state index in [-0.39, 0.29) is 25.7 Å². The van der Waals surface area contributed by atoms with E-state index in [2.05, 4.69) is 41.5 Å². The van der Waals surface area contributed by atoms with Crippen molar-refractivity contribution in [2.45, 2.75) is 374 Å². The van der Waals surface area contributed by atoms with E-state index in [1.54, 1.807) is 0 Å². The van der Waals surface area contributed by atoms with E-state index in [1.165, 1.54) is 167 Å². The Balaban J connectivity index is 5.24. The minimum absolute atomic E-state index is 0.105. The molecule has 0 spiro atoms. The topological polar surface area (TPSA) is 237 Å². The van der Waals surface area contributed by atoms with Crippen LogP contribution in [0.25, 0.3) is 0 Å². The molecule has 0 bridgehead atoms. The Kier molecular flexibility index (Phi) is 60.8. The molecule has 19 heteroatoms. The zero-order valence-electron chi connectivity index (χ0n) is 57.7. The quantitative estimate of drug-likeness (QED) is 0.0222. The molecule has 7 atom stereocenters. The fourth-order valence-electron chi connectivity index (χ4n) is 10.5. The number of unbranched alkanes of at least 4 members (excludes halogenated alkanes) is 37. The minimum Gasteiger partial charge on any atom is -0.462 e. The lowest BCUT2D eigenvalue weighted by atomic mass is 9.99. The molecule has 0 aromatic rings. The molecule has 0 aromatic heterocycles. The van der Waals surface area contributed by atoms with E-state index in [0.29, 0.717) is 25.7 Å². The number of aliphatic hydroxyl groups excluding tert-OH is 1. The summed E-state index contributed by atoms with van der Waals surface area (Å²) >= 11 is 0. The summed E-state index contributed by atoms with van der Waals surface area (Å²) in [6, 6.07) is 0. The lowest BCUT2D eigenvalue weighted by Crippen LogP contribution is -2.30. The second-order valence-electron chi connectivity index (χ2n) is 25.8. The molecule has 4 unspecified atom stereocenters. The van der Waals surface area contributed by atoms with Crippen LogP contribution in [0.2, 0.25) is 0 Å². The Morgan fingerprint density at radius 2 is 0.539 bits per heavy atom. The summed E-state index contributed by atoms with van der Waals surface area (Å²) in [5, 5.41) is 10.6. The molecule has 0 rings (SSSR count). The van der Waals surface area contributed by atoms with Gasteiger partial charge in [-0.2, -0.15) is 0 Å². The number of hydrogen-bond donors (Lipinski definition) is 3. The maximum absolute atomic E-state index is 13.0. The molecule has 0 saturated carbocycles. The Labute approximate surface area is 543 Å². The Morgan fingerprint density at radius 1 is 0.315 bits per heavy atom. The van der Waals surface area contributed by atoms with Gasteiger partial charge in [0.1, 0.15) is 19.3 Å². The highest BCUT2D eigenvalue weighted by Gasteiger charge is 2.30. The number of rotatable bonds is 69. The summed E-state index contributed by atoms with van der Waals surface area (Å²) in [6.45, 7) is 9.55. The molecule has 528 valence electrons. The normalized spacial score (nSPS) is 14.8. The van der Waals surface area contributed by atoms with Gasteiger partial charge in [0.05, 0.1) is 26.4 Å². The monoisotopic (exact) mass is 1310 g/mol. The van der Waals surface area contributed by atoms with Gasteiger partial charge in [0.25, 0.3) is 0 Å². The van der Waals surface area contributed by atoms with Crippen molar-refractivity contribution in [1.29, 1.82) is 0 Å². The number of hydrogen-bond acceptors (Lipinski definition) is 15. The highest BCUT2D eigenvalue weighted by Crippen LogP contribution is 2.45. The van der Waals surface area contributed by atoms with Gasteiger partial charge < -0.3 is 33.8 Å². The van der Waals surface area contributed by atoms with Crippen molar-refractivity contribution in [2.75, 3.05) is 39.6 Å². The molecular weight excluding hydrogens is 1170 g/mol. The Hall–Kier alpha value is -1.94. The van der Waals surface area contributed by atoms with E-state index in [9.17, 15) is 43.2 Å². The van der Waals surface area contributed by atoms with Crippen LogP contribution in [0.3, 0.4) is 0 Å². The van der Waals surface area contributed by atoms with Gasteiger partial charge in [-0.25, -0.2) is 9.13 Å². The molecular formula is C70H136O17P2. The third kappa shape index (κ3) is 62.0.